The second-order valence-electron chi connectivity index (χ2n) is 4.89. The van der Waals surface area contributed by atoms with Crippen LogP contribution >= 0.6 is 0 Å². The van der Waals surface area contributed by atoms with Gasteiger partial charge < -0.3 is 5.11 Å². The number of carboxylic acid groups (broad SMARTS) is 1. The molecule has 0 atom stereocenters. The molecule has 0 amide bonds. The molecule has 7 nitrogen and oxygen atoms in total. The minimum absolute atomic E-state index is 0.413. The number of rotatable bonds is 7. The summed E-state index contributed by atoms with van der Waals surface area (Å²) in [6, 6.07) is 0. The first-order chi connectivity index (χ1) is 8.39. The van der Waals surface area contributed by atoms with E-state index in [9.17, 15) is 4.79 Å². The lowest BCUT2D eigenvalue weighted by Gasteiger charge is -2.30. The van der Waals surface area contributed by atoms with Crippen molar-refractivity contribution >= 4 is 5.97 Å². The van der Waals surface area contributed by atoms with Gasteiger partial charge in [0.05, 0.1) is 6.54 Å². The van der Waals surface area contributed by atoms with Gasteiger partial charge >= 0.3 is 5.97 Å². The third-order valence-electron chi connectivity index (χ3n) is 3.19. The van der Waals surface area contributed by atoms with E-state index in [0.717, 1.165) is 19.4 Å². The molecule has 0 aliphatic carbocycles. The van der Waals surface area contributed by atoms with Crippen LogP contribution in [0.2, 0.25) is 0 Å². The molecule has 0 bridgehead atoms. The van der Waals surface area contributed by atoms with Crippen LogP contribution in [0.1, 0.15) is 39.4 Å². The first-order valence-electron chi connectivity index (χ1n) is 6.09. The topological polar surface area (TPSA) is 84.1 Å². The van der Waals surface area contributed by atoms with E-state index < -0.39 is 11.5 Å². The van der Waals surface area contributed by atoms with Crippen molar-refractivity contribution in [2.75, 3.05) is 7.05 Å². The Hall–Kier alpha value is -1.50. The first-order valence-corrected chi connectivity index (χ1v) is 6.09. The quantitative estimate of drug-likeness (QED) is 0.774. The van der Waals surface area contributed by atoms with Gasteiger partial charge in [0.25, 0.3) is 0 Å². The van der Waals surface area contributed by atoms with Crippen molar-refractivity contribution in [3.8, 4) is 0 Å². The molecule has 0 saturated carbocycles. The van der Waals surface area contributed by atoms with Gasteiger partial charge in [-0.25, -0.2) is 4.68 Å². The maximum Gasteiger partial charge on any atom is 0.323 e. The summed E-state index contributed by atoms with van der Waals surface area (Å²) >= 11 is 0. The van der Waals surface area contributed by atoms with Gasteiger partial charge in [0.2, 0.25) is 0 Å². The molecule has 0 fully saturated rings. The van der Waals surface area contributed by atoms with Crippen molar-refractivity contribution in [2.45, 2.75) is 52.2 Å². The van der Waals surface area contributed by atoms with E-state index in [1.807, 2.05) is 0 Å². The zero-order valence-corrected chi connectivity index (χ0v) is 11.4. The van der Waals surface area contributed by atoms with Gasteiger partial charge in [-0.1, -0.05) is 13.3 Å². The molecule has 102 valence electrons. The van der Waals surface area contributed by atoms with Crippen LogP contribution in [0.3, 0.4) is 0 Å². The highest BCUT2D eigenvalue weighted by Crippen LogP contribution is 2.15. The van der Waals surface area contributed by atoms with Crippen molar-refractivity contribution in [3.05, 3.63) is 5.82 Å². The third-order valence-corrected chi connectivity index (χ3v) is 3.19. The Morgan fingerprint density at radius 2 is 2.17 bits per heavy atom. The molecule has 1 aromatic rings. The number of hydrogen-bond acceptors (Lipinski definition) is 5. The fraction of sp³-hybridized carbons (Fsp3) is 0.818. The van der Waals surface area contributed by atoms with Crippen molar-refractivity contribution in [2.24, 2.45) is 0 Å². The highest BCUT2D eigenvalue weighted by atomic mass is 16.4. The monoisotopic (exact) mass is 255 g/mol. The molecule has 0 aliphatic heterocycles. The molecule has 1 rings (SSSR count). The zero-order chi connectivity index (χ0) is 13.8. The predicted octanol–water partition coefficient (Wildman–Crippen LogP) is 0.768. The molecule has 7 heteroatoms. The van der Waals surface area contributed by atoms with Crippen LogP contribution in [0.25, 0.3) is 0 Å². The molecular formula is C11H21N5O2. The number of aryl methyl sites for hydroxylation is 1. The van der Waals surface area contributed by atoms with E-state index in [1.165, 1.54) is 0 Å². The average molecular weight is 255 g/mol. The lowest BCUT2D eigenvalue weighted by atomic mass is 10.0. The minimum Gasteiger partial charge on any atom is -0.480 e. The van der Waals surface area contributed by atoms with Crippen molar-refractivity contribution in [1.29, 1.82) is 0 Å². The summed E-state index contributed by atoms with van der Waals surface area (Å²) in [5, 5.41) is 20.7. The Bertz CT molecular complexity index is 402. The Labute approximate surface area is 107 Å². The van der Waals surface area contributed by atoms with Crippen molar-refractivity contribution in [3.63, 3.8) is 0 Å². The smallest absolute Gasteiger partial charge is 0.323 e. The second kappa shape index (κ2) is 5.90. The van der Waals surface area contributed by atoms with Crippen LogP contribution in [-0.2, 0) is 17.9 Å². The number of likely N-dealkylation sites (N-methyl/N-ethyl adjacent to an activating group) is 1. The largest absolute Gasteiger partial charge is 0.480 e. The second-order valence-corrected chi connectivity index (χ2v) is 4.89. The van der Waals surface area contributed by atoms with E-state index in [2.05, 4.69) is 22.4 Å². The highest BCUT2D eigenvalue weighted by molar-refractivity contribution is 5.77. The number of tetrazole rings is 1. The standard InChI is InChI=1S/C11H21N5O2/c1-5-6-7-16-9(12-13-14-16)8-15(4)11(2,3)10(17)18/h5-8H2,1-4H3,(H,17,18). The lowest BCUT2D eigenvalue weighted by molar-refractivity contribution is -0.148. The minimum atomic E-state index is -0.943. The van der Waals surface area contributed by atoms with Gasteiger partial charge in [-0.3, -0.25) is 9.69 Å². The first kappa shape index (κ1) is 14.6. The van der Waals surface area contributed by atoms with E-state index >= 15 is 0 Å². The van der Waals surface area contributed by atoms with Crippen molar-refractivity contribution in [1.82, 2.24) is 25.1 Å². The predicted molar refractivity (Wildman–Crippen MR) is 65.9 cm³/mol. The summed E-state index contributed by atoms with van der Waals surface area (Å²) < 4.78 is 1.73. The van der Waals surface area contributed by atoms with Crippen molar-refractivity contribution < 1.29 is 9.90 Å². The Kier molecular flexibility index (Phi) is 4.77. The van der Waals surface area contributed by atoms with E-state index in [4.69, 9.17) is 5.11 Å². The van der Waals surface area contributed by atoms with Gasteiger partial charge in [0.1, 0.15) is 5.54 Å². The summed E-state index contributed by atoms with van der Waals surface area (Å²) in [5.41, 5.74) is -0.943. The van der Waals surface area contributed by atoms with Crippen LogP contribution < -0.4 is 0 Å². The van der Waals surface area contributed by atoms with E-state index in [0.29, 0.717) is 12.4 Å². The highest BCUT2D eigenvalue weighted by Gasteiger charge is 2.32. The molecule has 0 aliphatic rings. The number of nitrogens with zero attached hydrogens (tertiary/aromatic N) is 5. The van der Waals surface area contributed by atoms with Gasteiger partial charge in [-0.2, -0.15) is 0 Å². The Morgan fingerprint density at radius 1 is 1.50 bits per heavy atom. The zero-order valence-electron chi connectivity index (χ0n) is 11.4. The van der Waals surface area contributed by atoms with Crippen LogP contribution in [0, 0.1) is 0 Å². The van der Waals surface area contributed by atoms with E-state index in [-0.39, 0.29) is 0 Å². The van der Waals surface area contributed by atoms with Gasteiger partial charge in [-0.05, 0) is 37.7 Å². The molecular weight excluding hydrogens is 234 g/mol. The molecule has 0 saturated heterocycles. The summed E-state index contributed by atoms with van der Waals surface area (Å²) in [6.07, 6.45) is 2.07. The number of hydrogen-bond donors (Lipinski definition) is 1. The maximum absolute atomic E-state index is 11.1. The molecule has 0 unspecified atom stereocenters. The fourth-order valence-corrected chi connectivity index (χ4v) is 1.39. The molecule has 1 heterocycles. The fourth-order valence-electron chi connectivity index (χ4n) is 1.39. The maximum atomic E-state index is 11.1. The average Bonchev–Trinajstić information content (AvgIpc) is 2.73. The Morgan fingerprint density at radius 3 is 2.72 bits per heavy atom. The summed E-state index contributed by atoms with van der Waals surface area (Å²) in [5.74, 6) is -0.169. The SMILES string of the molecule is CCCCn1nnnc1CN(C)C(C)(C)C(=O)O. The van der Waals surface area contributed by atoms with Crippen LogP contribution in [-0.4, -0.2) is 48.8 Å². The number of carboxylic acids is 1. The summed E-state index contributed by atoms with van der Waals surface area (Å²) in [7, 11) is 1.76. The molecule has 0 spiro atoms. The molecule has 1 aromatic heterocycles. The van der Waals surface area contributed by atoms with E-state index in [1.54, 1.807) is 30.5 Å². The number of unbranched alkanes of at least 4 members (excludes halogenated alkanes) is 1. The summed E-state index contributed by atoms with van der Waals surface area (Å²) in [6.45, 7) is 6.60. The van der Waals surface area contributed by atoms with Gasteiger partial charge in [-0.15, -0.1) is 5.10 Å². The number of aromatic nitrogens is 4. The third kappa shape index (κ3) is 3.25. The summed E-state index contributed by atoms with van der Waals surface area (Å²) in [4.78, 5) is 12.9. The Balaban J connectivity index is 2.73. The molecule has 18 heavy (non-hydrogen) atoms. The normalized spacial score (nSPS) is 12.1. The lowest BCUT2D eigenvalue weighted by Crippen LogP contribution is -2.47. The number of carbonyl (C=O) groups is 1. The van der Waals surface area contributed by atoms with Gasteiger partial charge in [0, 0.05) is 6.54 Å². The molecule has 1 N–H and O–H groups in total. The molecule has 0 radical (unpaired) electrons. The van der Waals surface area contributed by atoms with Gasteiger partial charge in [0.15, 0.2) is 5.82 Å². The van der Waals surface area contributed by atoms with Crippen LogP contribution in [0.5, 0.6) is 0 Å². The number of aliphatic carboxylic acids is 1. The van der Waals surface area contributed by atoms with Crippen LogP contribution in [0.15, 0.2) is 0 Å². The van der Waals surface area contributed by atoms with Crippen LogP contribution in [0.4, 0.5) is 0 Å². The molecule has 0 aromatic carbocycles.